The molecule has 0 heterocycles. The molecule has 92 valence electrons. The Hall–Kier alpha value is -1.36. The molecule has 0 aromatic heterocycles. The normalized spacial score (nSPS) is 14.4. The third-order valence-corrected chi connectivity index (χ3v) is 4.32. The molecule has 17 heavy (non-hydrogen) atoms. The zero-order chi connectivity index (χ0) is 12.5. The van der Waals surface area contributed by atoms with Gasteiger partial charge in [0.1, 0.15) is 0 Å². The lowest BCUT2D eigenvalue weighted by Crippen LogP contribution is -2.29. The van der Waals surface area contributed by atoms with Crippen molar-refractivity contribution in [2.24, 2.45) is 0 Å². The molecule has 1 N–H and O–H groups in total. The second-order valence-corrected chi connectivity index (χ2v) is 5.85. The summed E-state index contributed by atoms with van der Waals surface area (Å²) in [7, 11) is -3.69. The summed E-state index contributed by atoms with van der Waals surface area (Å²) in [5.41, 5.74) is 2.29. The third kappa shape index (κ3) is 2.49. The van der Waals surface area contributed by atoms with Gasteiger partial charge in [-0.15, -0.1) is 0 Å². The number of hydrogen-bond donors (Lipinski definition) is 1. The van der Waals surface area contributed by atoms with Crippen LogP contribution in [0.2, 0.25) is 0 Å². The van der Waals surface area contributed by atoms with Gasteiger partial charge in [0.15, 0.2) is 0 Å². The van der Waals surface area contributed by atoms with Crippen molar-refractivity contribution in [1.82, 2.24) is 4.72 Å². The van der Waals surface area contributed by atoms with Crippen LogP contribution in [0.3, 0.4) is 0 Å². The summed E-state index contributed by atoms with van der Waals surface area (Å²) < 4.78 is 25.8. The first kappa shape index (κ1) is 12.1. The van der Waals surface area contributed by atoms with Crippen LogP contribution >= 0.6 is 0 Å². The second-order valence-electron chi connectivity index (χ2n) is 4.17. The van der Waals surface area contributed by atoms with Crippen LogP contribution in [-0.2, 0) is 27.7 Å². The molecule has 1 amide bonds. The van der Waals surface area contributed by atoms with E-state index in [2.05, 4.69) is 0 Å². The number of rotatable bonds is 3. The van der Waals surface area contributed by atoms with E-state index in [1.165, 1.54) is 5.56 Å². The van der Waals surface area contributed by atoms with E-state index < -0.39 is 15.9 Å². The summed E-state index contributed by atoms with van der Waals surface area (Å²) in [6.07, 6.45) is 3.15. The fourth-order valence-corrected chi connectivity index (χ4v) is 3.10. The number of benzene rings is 1. The molecule has 1 aromatic rings. The Labute approximate surface area is 101 Å². The van der Waals surface area contributed by atoms with Crippen molar-refractivity contribution < 1.29 is 13.2 Å². The molecule has 0 radical (unpaired) electrons. The highest BCUT2D eigenvalue weighted by molar-refractivity contribution is 7.90. The van der Waals surface area contributed by atoms with Gasteiger partial charge in [-0.05, 0) is 42.5 Å². The minimum absolute atomic E-state index is 0.157. The van der Waals surface area contributed by atoms with E-state index in [9.17, 15) is 13.2 Å². The van der Waals surface area contributed by atoms with Gasteiger partial charge in [-0.3, -0.25) is 4.79 Å². The van der Waals surface area contributed by atoms with E-state index >= 15 is 0 Å². The molecule has 0 atom stereocenters. The van der Waals surface area contributed by atoms with Gasteiger partial charge < -0.3 is 0 Å². The van der Waals surface area contributed by atoms with Crippen LogP contribution in [0.25, 0.3) is 0 Å². The average Bonchev–Trinajstić information content (AvgIpc) is 2.75. The predicted molar refractivity (Wildman–Crippen MR) is 64.1 cm³/mol. The maximum Gasteiger partial charge on any atom is 0.264 e. The minimum atomic E-state index is -3.69. The highest BCUT2D eigenvalue weighted by Gasteiger charge is 2.19. The lowest BCUT2D eigenvalue weighted by atomic mass is 10.1. The Kier molecular flexibility index (Phi) is 3.19. The van der Waals surface area contributed by atoms with Crippen LogP contribution in [0.4, 0.5) is 0 Å². The fraction of sp³-hybridized carbons (Fsp3) is 0.417. The highest BCUT2D eigenvalue weighted by atomic mass is 32.2. The number of sulfonamides is 1. The van der Waals surface area contributed by atoms with Gasteiger partial charge in [0.25, 0.3) is 10.0 Å². The third-order valence-electron chi connectivity index (χ3n) is 2.95. The van der Waals surface area contributed by atoms with Crippen LogP contribution in [0.1, 0.15) is 30.9 Å². The second kappa shape index (κ2) is 4.49. The average molecular weight is 253 g/mol. The Morgan fingerprint density at radius 3 is 2.71 bits per heavy atom. The molecular weight excluding hydrogens is 238 g/mol. The fourth-order valence-electron chi connectivity index (χ4n) is 2.00. The van der Waals surface area contributed by atoms with Crippen molar-refractivity contribution in [3.63, 3.8) is 0 Å². The molecule has 2 rings (SSSR count). The van der Waals surface area contributed by atoms with Gasteiger partial charge in [-0.25, -0.2) is 13.1 Å². The Morgan fingerprint density at radius 1 is 1.29 bits per heavy atom. The summed E-state index contributed by atoms with van der Waals surface area (Å²) in [6.45, 7) is 1.62. The van der Waals surface area contributed by atoms with Crippen LogP contribution in [0, 0.1) is 0 Å². The van der Waals surface area contributed by atoms with E-state index in [-0.39, 0.29) is 11.3 Å². The quantitative estimate of drug-likeness (QED) is 0.885. The lowest BCUT2D eigenvalue weighted by molar-refractivity contribution is -0.119. The zero-order valence-electron chi connectivity index (χ0n) is 9.69. The molecular formula is C12H15NO3S. The number of hydrogen-bond acceptors (Lipinski definition) is 3. The molecule has 0 fully saturated rings. The Balaban J connectivity index is 2.31. The number of amides is 1. The van der Waals surface area contributed by atoms with Crippen LogP contribution in [0.15, 0.2) is 23.1 Å². The van der Waals surface area contributed by atoms with Gasteiger partial charge in [0, 0.05) is 6.42 Å². The molecule has 4 nitrogen and oxygen atoms in total. The van der Waals surface area contributed by atoms with Crippen molar-refractivity contribution in [3.8, 4) is 0 Å². The van der Waals surface area contributed by atoms with Crippen molar-refractivity contribution in [1.29, 1.82) is 0 Å². The van der Waals surface area contributed by atoms with Crippen LogP contribution in [0.5, 0.6) is 0 Å². The molecule has 1 aliphatic rings. The van der Waals surface area contributed by atoms with E-state index in [4.69, 9.17) is 0 Å². The molecule has 1 aromatic carbocycles. The minimum Gasteiger partial charge on any atom is -0.274 e. The lowest BCUT2D eigenvalue weighted by Gasteiger charge is -2.07. The van der Waals surface area contributed by atoms with Gasteiger partial charge in [-0.1, -0.05) is 13.0 Å². The number of carbonyl (C=O) groups excluding carboxylic acids is 1. The van der Waals surface area contributed by atoms with E-state index in [1.807, 2.05) is 10.8 Å². The predicted octanol–water partition coefficient (Wildman–Crippen LogP) is 1.39. The van der Waals surface area contributed by atoms with E-state index in [0.29, 0.717) is 0 Å². The monoisotopic (exact) mass is 253 g/mol. The standard InChI is InChI=1S/C12H15NO3S/c1-2-12(14)13-17(15,16)11-7-6-9-4-3-5-10(9)8-11/h6-8H,2-5H2,1H3,(H,13,14). The van der Waals surface area contributed by atoms with Crippen molar-refractivity contribution in [2.75, 3.05) is 0 Å². The SMILES string of the molecule is CCC(=O)NS(=O)(=O)c1ccc2c(c1)CCC2. The molecule has 0 bridgehead atoms. The Bertz CT molecular complexity index is 549. The molecule has 0 unspecified atom stereocenters. The zero-order valence-corrected chi connectivity index (χ0v) is 10.5. The summed E-state index contributed by atoms with van der Waals surface area (Å²) in [6, 6.07) is 5.08. The van der Waals surface area contributed by atoms with Gasteiger partial charge in [0.2, 0.25) is 5.91 Å². The van der Waals surface area contributed by atoms with Crippen molar-refractivity contribution in [3.05, 3.63) is 29.3 Å². The number of aryl methyl sites for hydroxylation is 2. The first-order valence-corrected chi connectivity index (χ1v) is 7.18. The van der Waals surface area contributed by atoms with E-state index in [1.54, 1.807) is 19.1 Å². The Morgan fingerprint density at radius 2 is 2.00 bits per heavy atom. The van der Waals surface area contributed by atoms with Crippen LogP contribution in [-0.4, -0.2) is 14.3 Å². The molecule has 1 aliphatic carbocycles. The van der Waals surface area contributed by atoms with E-state index in [0.717, 1.165) is 24.8 Å². The first-order chi connectivity index (χ1) is 8.03. The summed E-state index contributed by atoms with van der Waals surface area (Å²) in [4.78, 5) is 11.3. The van der Waals surface area contributed by atoms with Crippen LogP contribution < -0.4 is 4.72 Å². The van der Waals surface area contributed by atoms with Gasteiger partial charge >= 0.3 is 0 Å². The molecule has 0 saturated heterocycles. The number of nitrogens with one attached hydrogen (secondary N) is 1. The number of fused-ring (bicyclic) bond motifs is 1. The maximum absolute atomic E-state index is 11.9. The smallest absolute Gasteiger partial charge is 0.264 e. The first-order valence-electron chi connectivity index (χ1n) is 5.70. The molecule has 0 saturated carbocycles. The highest BCUT2D eigenvalue weighted by Crippen LogP contribution is 2.24. The largest absolute Gasteiger partial charge is 0.274 e. The maximum atomic E-state index is 11.9. The molecule has 0 spiro atoms. The summed E-state index contributed by atoms with van der Waals surface area (Å²) >= 11 is 0. The topological polar surface area (TPSA) is 63.2 Å². The number of carbonyl (C=O) groups is 1. The molecule has 5 heteroatoms. The summed E-state index contributed by atoms with van der Waals surface area (Å²) in [5, 5.41) is 0. The van der Waals surface area contributed by atoms with Gasteiger partial charge in [-0.2, -0.15) is 0 Å². The van der Waals surface area contributed by atoms with Crippen molar-refractivity contribution in [2.45, 2.75) is 37.5 Å². The summed E-state index contributed by atoms with van der Waals surface area (Å²) in [5.74, 6) is -0.481. The molecule has 0 aliphatic heterocycles. The van der Waals surface area contributed by atoms with Gasteiger partial charge in [0.05, 0.1) is 4.90 Å². The van der Waals surface area contributed by atoms with Crippen molar-refractivity contribution >= 4 is 15.9 Å².